The lowest BCUT2D eigenvalue weighted by Gasteiger charge is -2.32. The Labute approximate surface area is 219 Å². The summed E-state index contributed by atoms with van der Waals surface area (Å²) >= 11 is 0. The summed E-state index contributed by atoms with van der Waals surface area (Å²) < 4.78 is 25.1. The highest BCUT2D eigenvalue weighted by Crippen LogP contribution is 2.20. The fraction of sp³-hybridized carbons (Fsp3) is 0.650. The average molecular weight is 588 g/mol. The Morgan fingerprint density at radius 3 is 1.64 bits per heavy atom. The average Bonchev–Trinajstić information content (AvgIpc) is 2.60. The number of rotatable bonds is 15. The van der Waals surface area contributed by atoms with E-state index in [1.807, 2.05) is 0 Å². The van der Waals surface area contributed by atoms with Crippen molar-refractivity contribution in [1.29, 1.82) is 0 Å². The number of carbonyl (C=O) groups excluding carboxylic acids is 1. The van der Waals surface area contributed by atoms with Crippen molar-refractivity contribution in [3.63, 3.8) is 0 Å². The van der Waals surface area contributed by atoms with Gasteiger partial charge in [-0.15, -0.1) is 13.2 Å². The second-order valence-electron chi connectivity index (χ2n) is 10.5. The molecule has 0 aliphatic carbocycles. The summed E-state index contributed by atoms with van der Waals surface area (Å²) in [4.78, 5) is 14.1. The van der Waals surface area contributed by atoms with Crippen molar-refractivity contribution >= 4 is 68.7 Å². The number of amides is 1. The van der Waals surface area contributed by atoms with Crippen LogP contribution < -0.4 is 5.32 Å². The molecule has 200 valence electrons. The van der Waals surface area contributed by atoms with Crippen LogP contribution in [0.5, 0.6) is 0 Å². The van der Waals surface area contributed by atoms with Gasteiger partial charge in [-0.25, -0.2) is 0 Å². The minimum absolute atomic E-state index is 0. The first-order valence-corrected chi connectivity index (χ1v) is 26.7. The predicted octanol–water partition coefficient (Wildman–Crippen LogP) is 3.77. The van der Waals surface area contributed by atoms with E-state index in [2.05, 4.69) is 84.0 Å². The molecule has 0 rings (SSSR count). The molecule has 33 heavy (non-hydrogen) atoms. The molecule has 0 unspecified atom stereocenters. The van der Waals surface area contributed by atoms with E-state index in [0.29, 0.717) is 11.7 Å². The highest BCUT2D eigenvalue weighted by atomic mass is 28.4. The van der Waals surface area contributed by atoms with Crippen LogP contribution in [0.4, 0.5) is 0 Å². The fourth-order valence-electron chi connectivity index (χ4n) is 1.95. The minimum atomic E-state index is -2.07. The summed E-state index contributed by atoms with van der Waals surface area (Å²) in [6.45, 7) is 33.6. The first-order chi connectivity index (χ1) is 13.8. The molecule has 6 nitrogen and oxygen atoms in total. The molecule has 0 bridgehead atoms. The molecule has 0 aromatic heterocycles. The maximum absolute atomic E-state index is 11.7. The van der Waals surface area contributed by atoms with Crippen molar-refractivity contribution < 1.29 is 24.1 Å². The van der Waals surface area contributed by atoms with E-state index in [4.69, 9.17) is 16.5 Å². The Kier molecular flexibility index (Phi) is 17.3. The lowest BCUT2D eigenvalue weighted by Crippen LogP contribution is -2.48. The van der Waals surface area contributed by atoms with Gasteiger partial charge < -0.3 is 21.8 Å². The zero-order chi connectivity index (χ0) is 24.7. The number of carbonyl (C=O) groups is 1. The van der Waals surface area contributed by atoms with Crippen molar-refractivity contribution in [2.75, 3.05) is 6.17 Å². The summed E-state index contributed by atoms with van der Waals surface area (Å²) in [6.07, 6.45) is 0.557. The highest BCUT2D eigenvalue weighted by Gasteiger charge is 2.33. The minimum Gasteiger partial charge on any atom is -0.457 e. The van der Waals surface area contributed by atoms with E-state index < -0.39 is 62.8 Å². The molecule has 0 aromatic carbocycles. The van der Waals surface area contributed by atoms with E-state index in [1.54, 1.807) is 6.92 Å². The third kappa shape index (κ3) is 16.4. The van der Waals surface area contributed by atoms with E-state index in [0.717, 1.165) is 0 Å². The Morgan fingerprint density at radius 1 is 0.788 bits per heavy atom. The van der Waals surface area contributed by atoms with Crippen LogP contribution in [0.15, 0.2) is 34.9 Å². The van der Waals surface area contributed by atoms with Crippen molar-refractivity contribution in [3.8, 4) is 0 Å². The molecule has 0 spiro atoms. The summed E-state index contributed by atoms with van der Waals surface area (Å²) in [6, 6.07) is 0. The van der Waals surface area contributed by atoms with Gasteiger partial charge in [-0.1, -0.05) is 31.1 Å². The molecule has 0 fully saturated rings. The molecular formula is C20H57NO5Si7. The quantitative estimate of drug-likeness (QED) is 0.233. The zero-order valence-corrected chi connectivity index (χ0v) is 29.7. The van der Waals surface area contributed by atoms with Crippen LogP contribution in [0.3, 0.4) is 0 Å². The van der Waals surface area contributed by atoms with E-state index in [9.17, 15) is 4.79 Å². The van der Waals surface area contributed by atoms with Gasteiger partial charge in [-0.05, 0) is 65.8 Å². The van der Waals surface area contributed by atoms with Gasteiger partial charge in [0.1, 0.15) is 0 Å². The molecule has 1 N–H and O–H groups in total. The maximum atomic E-state index is 11.7. The maximum Gasteiger partial charge on any atom is 0.284 e. The largest absolute Gasteiger partial charge is 0.457 e. The van der Waals surface area contributed by atoms with E-state index in [1.165, 1.54) is 9.64 Å². The molecule has 0 atom stereocenters. The third-order valence-electron chi connectivity index (χ3n) is 4.92. The lowest BCUT2D eigenvalue weighted by molar-refractivity contribution is -0.117. The standard InChI is InChI=1S/C18H45NO5Si7.2CH4.2H2/c1-15(2)18(20)19-14-29(8,9)23-27-24-31(12,13)17(4)26-22-30(10,11)16(3)25-21-28(5,6)7;;;;/h1,3-4,14,25-27H2,2,5-13H3,(H,19,20);2*1H4;2*1H. The van der Waals surface area contributed by atoms with Crippen LogP contribution in [0.1, 0.15) is 24.6 Å². The van der Waals surface area contributed by atoms with Crippen LogP contribution in [-0.2, 0) is 21.3 Å². The van der Waals surface area contributed by atoms with Crippen molar-refractivity contribution in [2.24, 2.45) is 0 Å². The van der Waals surface area contributed by atoms with Crippen LogP contribution in [0.2, 0.25) is 58.9 Å². The molecule has 0 aliphatic heterocycles. The first kappa shape index (κ1) is 37.6. The molecule has 0 saturated heterocycles. The summed E-state index contributed by atoms with van der Waals surface area (Å²) in [5, 5.41) is 2.90. The third-order valence-corrected chi connectivity index (χ3v) is 30.5. The molecule has 0 heterocycles. The summed E-state index contributed by atoms with van der Waals surface area (Å²) in [5.74, 6) is -0.121. The number of nitrogens with one attached hydrogen (secondary N) is 1. The Hall–Kier alpha value is 0.0482. The summed E-state index contributed by atoms with van der Waals surface area (Å²) in [7, 11) is -10.4. The fourth-order valence-corrected chi connectivity index (χ4v) is 18.3. The van der Waals surface area contributed by atoms with Crippen LogP contribution in [0.25, 0.3) is 0 Å². The second kappa shape index (κ2) is 15.2. The molecule has 0 aromatic rings. The van der Waals surface area contributed by atoms with Gasteiger partial charge in [0, 0.05) is 14.6 Å². The Bertz CT molecular complexity index is 687. The van der Waals surface area contributed by atoms with Gasteiger partial charge in [0.15, 0.2) is 52.8 Å². The van der Waals surface area contributed by atoms with Gasteiger partial charge in [0.2, 0.25) is 5.91 Å². The summed E-state index contributed by atoms with van der Waals surface area (Å²) in [5.41, 5.74) is 0.511. The Morgan fingerprint density at radius 2 is 1.21 bits per heavy atom. The molecule has 0 radical (unpaired) electrons. The van der Waals surface area contributed by atoms with Crippen molar-refractivity contribution in [2.45, 2.75) is 80.7 Å². The molecule has 0 saturated carbocycles. The molecular weight excluding hydrogens is 531 g/mol. The van der Waals surface area contributed by atoms with Crippen molar-refractivity contribution in [1.82, 2.24) is 5.32 Å². The van der Waals surface area contributed by atoms with Gasteiger partial charge >= 0.3 is 0 Å². The van der Waals surface area contributed by atoms with Crippen molar-refractivity contribution in [3.05, 3.63) is 34.9 Å². The first-order valence-electron chi connectivity index (χ1n) is 10.7. The SMILES string of the molecule is C.C.C=C(C)C(=O)NC[Si](C)(C)O[SiH2]O[Si](C)(C)C(=C)[SiH2]O[Si](C)(C)C(=C)[SiH2]O[Si](C)(C)C.[HH].[HH]. The Balaban J connectivity index is -0.000000750. The monoisotopic (exact) mass is 587 g/mol. The van der Waals surface area contributed by atoms with Gasteiger partial charge in [-0.2, -0.15) is 0 Å². The van der Waals surface area contributed by atoms with Crippen LogP contribution in [0, 0.1) is 0 Å². The van der Waals surface area contributed by atoms with Crippen LogP contribution >= 0.6 is 0 Å². The highest BCUT2D eigenvalue weighted by molar-refractivity contribution is 6.96. The molecule has 13 heteroatoms. The topological polar surface area (TPSA) is 66.0 Å². The van der Waals surface area contributed by atoms with Crippen LogP contribution in [-0.4, -0.2) is 74.9 Å². The normalized spacial score (nSPS) is 13.4. The number of hydrogen-bond donors (Lipinski definition) is 1. The van der Waals surface area contributed by atoms with E-state index >= 15 is 0 Å². The number of hydrogen-bond acceptors (Lipinski definition) is 5. The lowest BCUT2D eigenvalue weighted by atomic mass is 10.3. The second-order valence-corrected chi connectivity index (χ2v) is 34.7. The van der Waals surface area contributed by atoms with Gasteiger partial charge in [0.05, 0.1) is 0 Å². The zero-order valence-electron chi connectivity index (χ0n) is 21.5. The smallest absolute Gasteiger partial charge is 0.284 e. The molecule has 0 aliphatic rings. The molecule has 1 amide bonds. The van der Waals surface area contributed by atoms with Gasteiger partial charge in [-0.3, -0.25) is 4.79 Å². The van der Waals surface area contributed by atoms with E-state index in [-0.39, 0.29) is 23.6 Å². The van der Waals surface area contributed by atoms with Gasteiger partial charge in [0.25, 0.3) is 10.0 Å². The predicted molar refractivity (Wildman–Crippen MR) is 170 cm³/mol.